The smallest absolute Gasteiger partial charge is 0.314 e. The molecule has 26 heavy (non-hydrogen) atoms. The summed E-state index contributed by atoms with van der Waals surface area (Å²) >= 11 is 0. The zero-order valence-electron chi connectivity index (χ0n) is 16.4. The average molecular weight is 387 g/mol. The van der Waals surface area contributed by atoms with Gasteiger partial charge in [0.05, 0.1) is 11.4 Å². The SMILES string of the molecule is CNC(=O)NC[C@H]1CCN(S(=O)(=O)c2c(C)nn(C)c2C)C[C@H]1N(C)C. The first-order chi connectivity index (χ1) is 12.1. The number of piperidine rings is 1. The minimum Gasteiger partial charge on any atom is -0.341 e. The summed E-state index contributed by atoms with van der Waals surface area (Å²) in [5.41, 5.74) is 1.17. The maximum atomic E-state index is 13.2. The first-order valence-corrected chi connectivity index (χ1v) is 10.2. The molecule has 2 N–H and O–H groups in total. The zero-order chi connectivity index (χ0) is 19.6. The van der Waals surface area contributed by atoms with Gasteiger partial charge in [0.15, 0.2) is 0 Å². The number of carbonyl (C=O) groups is 1. The highest BCUT2D eigenvalue weighted by Crippen LogP contribution is 2.28. The van der Waals surface area contributed by atoms with Gasteiger partial charge in [-0.1, -0.05) is 0 Å². The van der Waals surface area contributed by atoms with E-state index >= 15 is 0 Å². The van der Waals surface area contributed by atoms with Gasteiger partial charge in [-0.15, -0.1) is 0 Å². The molecule has 0 unspecified atom stereocenters. The Labute approximate surface area is 155 Å². The van der Waals surface area contributed by atoms with Crippen LogP contribution in [0.2, 0.25) is 0 Å². The van der Waals surface area contributed by atoms with Gasteiger partial charge in [0.25, 0.3) is 0 Å². The number of nitrogens with zero attached hydrogens (tertiary/aromatic N) is 4. The van der Waals surface area contributed by atoms with Crippen molar-refractivity contribution in [1.82, 2.24) is 29.6 Å². The van der Waals surface area contributed by atoms with E-state index in [1.54, 1.807) is 36.9 Å². The lowest BCUT2D eigenvalue weighted by Gasteiger charge is -2.41. The van der Waals surface area contributed by atoms with Gasteiger partial charge in [0.1, 0.15) is 4.90 Å². The van der Waals surface area contributed by atoms with E-state index < -0.39 is 10.0 Å². The van der Waals surface area contributed by atoms with Crippen LogP contribution < -0.4 is 10.6 Å². The van der Waals surface area contributed by atoms with Crippen LogP contribution in [0, 0.1) is 19.8 Å². The van der Waals surface area contributed by atoms with Gasteiger partial charge in [-0.05, 0) is 40.3 Å². The minimum atomic E-state index is -3.60. The third kappa shape index (κ3) is 4.02. The molecular formula is C16H30N6O3S. The molecule has 0 spiro atoms. The molecule has 1 aromatic heterocycles. The molecule has 148 valence electrons. The summed E-state index contributed by atoms with van der Waals surface area (Å²) < 4.78 is 29.6. The van der Waals surface area contributed by atoms with E-state index in [-0.39, 0.29) is 18.0 Å². The van der Waals surface area contributed by atoms with Crippen LogP contribution in [0.1, 0.15) is 17.8 Å². The molecule has 1 saturated heterocycles. The van der Waals surface area contributed by atoms with Crippen LogP contribution in [0.25, 0.3) is 0 Å². The highest BCUT2D eigenvalue weighted by molar-refractivity contribution is 7.89. The summed E-state index contributed by atoms with van der Waals surface area (Å²) in [5.74, 6) is 0.185. The molecule has 2 heterocycles. The second kappa shape index (κ2) is 7.93. The number of amides is 2. The molecule has 9 nitrogen and oxygen atoms in total. The van der Waals surface area contributed by atoms with E-state index in [9.17, 15) is 13.2 Å². The van der Waals surface area contributed by atoms with Crippen molar-refractivity contribution < 1.29 is 13.2 Å². The molecule has 10 heteroatoms. The normalized spacial score (nSPS) is 21.8. The van der Waals surface area contributed by atoms with Gasteiger partial charge in [-0.25, -0.2) is 13.2 Å². The fourth-order valence-corrected chi connectivity index (χ4v) is 5.43. The van der Waals surface area contributed by atoms with Crippen LogP contribution in [0.5, 0.6) is 0 Å². The van der Waals surface area contributed by atoms with Crippen molar-refractivity contribution in [1.29, 1.82) is 0 Å². The number of rotatable bonds is 5. The number of aryl methyl sites for hydroxylation is 2. The molecule has 1 aliphatic rings. The number of urea groups is 1. The Morgan fingerprint density at radius 1 is 1.35 bits per heavy atom. The number of aromatic nitrogens is 2. The summed E-state index contributed by atoms with van der Waals surface area (Å²) in [7, 11) is 3.60. The van der Waals surface area contributed by atoms with Crippen molar-refractivity contribution in [3.8, 4) is 0 Å². The van der Waals surface area contributed by atoms with E-state index in [0.717, 1.165) is 0 Å². The Morgan fingerprint density at radius 3 is 2.50 bits per heavy atom. The molecule has 1 aliphatic heterocycles. The predicted molar refractivity (Wildman–Crippen MR) is 99.5 cm³/mol. The van der Waals surface area contributed by atoms with Crippen LogP contribution in [0.4, 0.5) is 4.79 Å². The van der Waals surface area contributed by atoms with Gasteiger partial charge >= 0.3 is 6.03 Å². The lowest BCUT2D eigenvalue weighted by atomic mass is 9.92. The summed E-state index contributed by atoms with van der Waals surface area (Å²) in [5, 5.41) is 9.62. The van der Waals surface area contributed by atoms with Gasteiger partial charge < -0.3 is 15.5 Å². The first kappa shape index (κ1) is 20.7. The molecule has 0 bridgehead atoms. The maximum Gasteiger partial charge on any atom is 0.314 e. The number of likely N-dealkylation sites (N-methyl/N-ethyl adjacent to an activating group) is 1. The zero-order valence-corrected chi connectivity index (χ0v) is 17.2. The Hall–Kier alpha value is -1.65. The number of hydrogen-bond acceptors (Lipinski definition) is 5. The van der Waals surface area contributed by atoms with Crippen molar-refractivity contribution in [3.63, 3.8) is 0 Å². The Morgan fingerprint density at radius 2 is 2.00 bits per heavy atom. The molecule has 0 saturated carbocycles. The molecular weight excluding hydrogens is 356 g/mol. The van der Waals surface area contributed by atoms with Gasteiger partial charge in [0.2, 0.25) is 10.0 Å². The summed E-state index contributed by atoms with van der Waals surface area (Å²) in [4.78, 5) is 13.8. The third-order valence-electron chi connectivity index (χ3n) is 5.14. The van der Waals surface area contributed by atoms with Gasteiger partial charge in [-0.2, -0.15) is 9.40 Å². The number of sulfonamides is 1. The quantitative estimate of drug-likeness (QED) is 0.737. The van der Waals surface area contributed by atoms with Crippen molar-refractivity contribution in [2.45, 2.75) is 31.2 Å². The number of hydrogen-bond donors (Lipinski definition) is 2. The van der Waals surface area contributed by atoms with Crippen LogP contribution >= 0.6 is 0 Å². The summed E-state index contributed by atoms with van der Waals surface area (Å²) in [6.45, 7) is 4.84. The van der Waals surface area contributed by atoms with Crippen molar-refractivity contribution in [2.75, 3.05) is 40.8 Å². The monoisotopic (exact) mass is 386 g/mol. The minimum absolute atomic E-state index is 0.0213. The number of carbonyl (C=O) groups excluding carboxylic acids is 1. The second-order valence-electron chi connectivity index (χ2n) is 7.03. The summed E-state index contributed by atoms with van der Waals surface area (Å²) in [6.07, 6.45) is 0.685. The lowest BCUT2D eigenvalue weighted by molar-refractivity contribution is 0.125. The summed E-state index contributed by atoms with van der Waals surface area (Å²) in [6, 6.07) is -0.202. The largest absolute Gasteiger partial charge is 0.341 e. The molecule has 2 amide bonds. The lowest BCUT2D eigenvalue weighted by Crippen LogP contribution is -2.55. The van der Waals surface area contributed by atoms with E-state index in [0.29, 0.717) is 42.3 Å². The molecule has 1 fully saturated rings. The standard InChI is InChI=1S/C16H30N6O3S/c1-11-15(12(2)21(6)19-11)26(24,25)22-8-7-13(9-18-16(23)17-3)14(10-22)20(4)5/h13-14H,7-10H2,1-6H3,(H2,17,18,23)/t13-,14-/m1/s1. The Balaban J connectivity index is 2.21. The average Bonchev–Trinajstić information content (AvgIpc) is 2.84. The van der Waals surface area contributed by atoms with Crippen LogP contribution in [-0.2, 0) is 17.1 Å². The Kier molecular flexibility index (Phi) is 6.30. The third-order valence-corrected chi connectivity index (χ3v) is 7.26. The highest BCUT2D eigenvalue weighted by atomic mass is 32.2. The molecule has 0 aliphatic carbocycles. The van der Waals surface area contributed by atoms with E-state index in [2.05, 4.69) is 15.7 Å². The van der Waals surface area contributed by atoms with Crippen molar-refractivity contribution in [2.24, 2.45) is 13.0 Å². The Bertz CT molecular complexity index is 758. The fourth-order valence-electron chi connectivity index (χ4n) is 3.56. The fraction of sp³-hybridized carbons (Fsp3) is 0.750. The van der Waals surface area contributed by atoms with Crippen molar-refractivity contribution >= 4 is 16.1 Å². The number of nitrogens with one attached hydrogen (secondary N) is 2. The molecule has 1 aromatic rings. The maximum absolute atomic E-state index is 13.2. The van der Waals surface area contributed by atoms with Crippen molar-refractivity contribution in [3.05, 3.63) is 11.4 Å². The van der Waals surface area contributed by atoms with E-state index in [4.69, 9.17) is 0 Å². The molecule has 2 atom stereocenters. The van der Waals surface area contributed by atoms with Gasteiger partial charge in [0, 0.05) is 39.8 Å². The van der Waals surface area contributed by atoms with Crippen LogP contribution in [-0.4, -0.2) is 80.3 Å². The van der Waals surface area contributed by atoms with E-state index in [1.807, 2.05) is 19.0 Å². The van der Waals surface area contributed by atoms with E-state index in [1.165, 1.54) is 0 Å². The second-order valence-corrected chi connectivity index (χ2v) is 8.90. The molecule has 0 radical (unpaired) electrons. The molecule has 2 rings (SSSR count). The van der Waals surface area contributed by atoms with Gasteiger partial charge in [-0.3, -0.25) is 4.68 Å². The van der Waals surface area contributed by atoms with Crippen LogP contribution in [0.3, 0.4) is 0 Å². The highest BCUT2D eigenvalue weighted by Gasteiger charge is 2.38. The van der Waals surface area contributed by atoms with Crippen LogP contribution in [0.15, 0.2) is 4.90 Å². The topological polar surface area (TPSA) is 99.6 Å². The predicted octanol–water partition coefficient (Wildman–Crippen LogP) is -0.0933. The molecule has 0 aromatic carbocycles. The first-order valence-electron chi connectivity index (χ1n) is 8.72.